The number of carbonyl (C=O) groups excluding carboxylic acids is 1. The second-order valence-corrected chi connectivity index (χ2v) is 5.75. The van der Waals surface area contributed by atoms with Gasteiger partial charge in [-0.3, -0.25) is 4.79 Å². The molecule has 0 atom stereocenters. The van der Waals surface area contributed by atoms with Crippen molar-refractivity contribution in [2.45, 2.75) is 0 Å². The lowest BCUT2D eigenvalue weighted by atomic mass is 9.93. The Morgan fingerprint density at radius 2 is 1.46 bits per heavy atom. The molecule has 0 radical (unpaired) electrons. The summed E-state index contributed by atoms with van der Waals surface area (Å²) < 4.78 is 5.25. The lowest BCUT2D eigenvalue weighted by Gasteiger charge is -2.10. The Labute approximate surface area is 140 Å². The Bertz CT molecular complexity index is 1060. The number of methoxy groups -OCH3 is 1. The number of ketones is 1. The molecule has 0 heterocycles. The first-order valence-corrected chi connectivity index (χ1v) is 7.87. The van der Waals surface area contributed by atoms with Crippen molar-refractivity contribution in [1.82, 2.24) is 0 Å². The molecule has 0 aromatic heterocycles. The fourth-order valence-electron chi connectivity index (χ4n) is 3.16. The molecule has 0 aliphatic heterocycles. The molecule has 0 amide bonds. The van der Waals surface area contributed by atoms with Gasteiger partial charge >= 0.3 is 0 Å². The molecule has 0 saturated heterocycles. The number of hydrogen-bond acceptors (Lipinski definition) is 2. The molecule has 0 aliphatic carbocycles. The molecule has 4 aromatic carbocycles. The van der Waals surface area contributed by atoms with Gasteiger partial charge in [0.2, 0.25) is 0 Å². The van der Waals surface area contributed by atoms with E-state index in [4.69, 9.17) is 4.74 Å². The minimum Gasteiger partial charge on any atom is -0.497 e. The van der Waals surface area contributed by atoms with Crippen LogP contribution < -0.4 is 4.74 Å². The first-order valence-electron chi connectivity index (χ1n) is 7.87. The van der Waals surface area contributed by atoms with E-state index in [1.807, 2.05) is 60.7 Å². The minimum absolute atomic E-state index is 0.0100. The van der Waals surface area contributed by atoms with Gasteiger partial charge in [-0.1, -0.05) is 60.7 Å². The summed E-state index contributed by atoms with van der Waals surface area (Å²) in [4.78, 5) is 13.1. The van der Waals surface area contributed by atoms with Crippen LogP contribution >= 0.6 is 0 Å². The molecule has 0 bridgehead atoms. The molecule has 0 unspecified atom stereocenters. The average Bonchev–Trinajstić information content (AvgIpc) is 2.67. The molecule has 116 valence electrons. The maximum atomic E-state index is 13.1. The van der Waals surface area contributed by atoms with E-state index >= 15 is 0 Å². The number of fused-ring (bicyclic) bond motifs is 3. The zero-order valence-electron chi connectivity index (χ0n) is 13.3. The van der Waals surface area contributed by atoms with Crippen molar-refractivity contribution in [3.63, 3.8) is 0 Å². The van der Waals surface area contributed by atoms with E-state index in [2.05, 4.69) is 12.1 Å². The van der Waals surface area contributed by atoms with Gasteiger partial charge < -0.3 is 4.74 Å². The lowest BCUT2D eigenvalue weighted by molar-refractivity contribution is 0.104. The second-order valence-electron chi connectivity index (χ2n) is 5.75. The van der Waals surface area contributed by atoms with Crippen molar-refractivity contribution in [2.24, 2.45) is 0 Å². The Balaban J connectivity index is 1.99. The van der Waals surface area contributed by atoms with Crippen molar-refractivity contribution in [2.75, 3.05) is 7.11 Å². The van der Waals surface area contributed by atoms with E-state index in [1.54, 1.807) is 13.2 Å². The highest BCUT2D eigenvalue weighted by Gasteiger charge is 2.15. The van der Waals surface area contributed by atoms with Crippen molar-refractivity contribution in [1.29, 1.82) is 0 Å². The topological polar surface area (TPSA) is 26.3 Å². The van der Waals surface area contributed by atoms with E-state index < -0.39 is 0 Å². The number of ether oxygens (including phenoxy) is 1. The molecule has 4 rings (SSSR count). The second kappa shape index (κ2) is 5.82. The molecule has 0 aliphatic rings. The average molecular weight is 312 g/mol. The zero-order valence-corrected chi connectivity index (χ0v) is 13.3. The molecule has 2 heteroatoms. The predicted molar refractivity (Wildman–Crippen MR) is 97.9 cm³/mol. The van der Waals surface area contributed by atoms with Crippen LogP contribution in [-0.2, 0) is 0 Å². The van der Waals surface area contributed by atoms with Crippen LogP contribution in [0.4, 0.5) is 0 Å². The lowest BCUT2D eigenvalue weighted by Crippen LogP contribution is -2.03. The maximum absolute atomic E-state index is 13.1. The van der Waals surface area contributed by atoms with Gasteiger partial charge in [-0.25, -0.2) is 0 Å². The number of carbonyl (C=O) groups is 1. The van der Waals surface area contributed by atoms with E-state index in [9.17, 15) is 4.79 Å². The molecule has 0 fully saturated rings. The SMILES string of the molecule is COc1cccc(C(=O)c2cc3ccccc3c3ccccc23)c1. The molecule has 0 spiro atoms. The van der Waals surface area contributed by atoms with Crippen LogP contribution in [0.15, 0.2) is 78.9 Å². The summed E-state index contributed by atoms with van der Waals surface area (Å²) in [5.41, 5.74) is 1.35. The Morgan fingerprint density at radius 1 is 0.750 bits per heavy atom. The quantitative estimate of drug-likeness (QED) is 0.382. The van der Waals surface area contributed by atoms with Gasteiger partial charge in [0.25, 0.3) is 0 Å². The minimum atomic E-state index is 0.0100. The fraction of sp³-hybridized carbons (Fsp3) is 0.0455. The van der Waals surface area contributed by atoms with Gasteiger partial charge in [0.1, 0.15) is 5.75 Å². The third kappa shape index (κ3) is 2.33. The third-order valence-electron chi connectivity index (χ3n) is 4.34. The highest BCUT2D eigenvalue weighted by atomic mass is 16.5. The number of rotatable bonds is 3. The van der Waals surface area contributed by atoms with Crippen LogP contribution in [0, 0.1) is 0 Å². The fourth-order valence-corrected chi connectivity index (χ4v) is 3.16. The molecule has 4 aromatic rings. The van der Waals surface area contributed by atoms with Crippen molar-refractivity contribution >= 4 is 27.3 Å². The van der Waals surface area contributed by atoms with Crippen molar-refractivity contribution in [3.8, 4) is 5.75 Å². The monoisotopic (exact) mass is 312 g/mol. The summed E-state index contributed by atoms with van der Waals surface area (Å²) in [6.07, 6.45) is 0. The smallest absolute Gasteiger partial charge is 0.193 e. The van der Waals surface area contributed by atoms with Gasteiger partial charge in [0.05, 0.1) is 7.11 Å². The summed E-state index contributed by atoms with van der Waals surface area (Å²) in [6.45, 7) is 0. The van der Waals surface area contributed by atoms with E-state index in [0.29, 0.717) is 11.3 Å². The van der Waals surface area contributed by atoms with Crippen LogP contribution in [0.5, 0.6) is 5.75 Å². The maximum Gasteiger partial charge on any atom is 0.193 e. The number of hydrogen-bond donors (Lipinski definition) is 0. The standard InChI is InChI=1S/C22H16O2/c1-24-17-9-6-8-16(13-17)22(23)21-14-15-7-2-3-10-18(15)19-11-4-5-12-20(19)21/h2-14H,1H3. The molecule has 2 nitrogen and oxygen atoms in total. The van der Waals surface area contributed by atoms with Gasteiger partial charge in [-0.15, -0.1) is 0 Å². The van der Waals surface area contributed by atoms with Crippen LogP contribution in [0.3, 0.4) is 0 Å². The number of benzene rings is 4. The molecule has 24 heavy (non-hydrogen) atoms. The van der Waals surface area contributed by atoms with Crippen LogP contribution in [-0.4, -0.2) is 12.9 Å². The van der Waals surface area contributed by atoms with Gasteiger partial charge in [-0.2, -0.15) is 0 Å². The van der Waals surface area contributed by atoms with E-state index in [0.717, 1.165) is 27.1 Å². The molecule has 0 N–H and O–H groups in total. The predicted octanol–water partition coefficient (Wildman–Crippen LogP) is 5.23. The summed E-state index contributed by atoms with van der Waals surface area (Å²) >= 11 is 0. The van der Waals surface area contributed by atoms with Crippen molar-refractivity contribution in [3.05, 3.63) is 90.0 Å². The normalized spacial score (nSPS) is 10.9. The van der Waals surface area contributed by atoms with Crippen LogP contribution in [0.25, 0.3) is 21.5 Å². The highest BCUT2D eigenvalue weighted by molar-refractivity contribution is 6.22. The third-order valence-corrected chi connectivity index (χ3v) is 4.34. The Hall–Kier alpha value is -3.13. The Morgan fingerprint density at radius 3 is 2.25 bits per heavy atom. The Kier molecular flexibility index (Phi) is 3.51. The van der Waals surface area contributed by atoms with Crippen LogP contribution in [0.1, 0.15) is 15.9 Å². The first-order chi connectivity index (χ1) is 11.8. The summed E-state index contributed by atoms with van der Waals surface area (Å²) in [5.74, 6) is 0.696. The summed E-state index contributed by atoms with van der Waals surface area (Å²) in [6, 6.07) is 25.5. The highest BCUT2D eigenvalue weighted by Crippen LogP contribution is 2.30. The van der Waals surface area contributed by atoms with Gasteiger partial charge in [0, 0.05) is 11.1 Å². The summed E-state index contributed by atoms with van der Waals surface area (Å²) in [7, 11) is 1.61. The zero-order chi connectivity index (χ0) is 16.5. The molecule has 0 saturated carbocycles. The van der Waals surface area contributed by atoms with Crippen molar-refractivity contribution < 1.29 is 9.53 Å². The van der Waals surface area contributed by atoms with Gasteiger partial charge in [-0.05, 0) is 39.7 Å². The van der Waals surface area contributed by atoms with Crippen LogP contribution in [0.2, 0.25) is 0 Å². The molecular formula is C22H16O2. The van der Waals surface area contributed by atoms with E-state index in [1.165, 1.54) is 0 Å². The first kappa shape index (κ1) is 14.5. The van der Waals surface area contributed by atoms with Gasteiger partial charge in [0.15, 0.2) is 5.78 Å². The molecular weight excluding hydrogens is 296 g/mol. The summed E-state index contributed by atoms with van der Waals surface area (Å²) in [5, 5.41) is 4.31. The van der Waals surface area contributed by atoms with E-state index in [-0.39, 0.29) is 5.78 Å². The largest absolute Gasteiger partial charge is 0.497 e.